The molecular formula is C15H10N2O3. The molecule has 1 aliphatic heterocycles. The first-order valence-corrected chi connectivity index (χ1v) is 6.02. The Hall–Kier alpha value is -2.95. The van der Waals surface area contributed by atoms with Crippen molar-refractivity contribution in [3.8, 4) is 0 Å². The Morgan fingerprint density at radius 3 is 2.55 bits per heavy atom. The van der Waals surface area contributed by atoms with Gasteiger partial charge in [0, 0.05) is 22.9 Å². The summed E-state index contributed by atoms with van der Waals surface area (Å²) in [5.41, 5.74) is 2.32. The van der Waals surface area contributed by atoms with Crippen LogP contribution in [0, 0.1) is 10.1 Å². The predicted octanol–water partition coefficient (Wildman–Crippen LogP) is 3.09. The van der Waals surface area contributed by atoms with Gasteiger partial charge < -0.3 is 5.32 Å². The normalized spacial score (nSPS) is 15.0. The summed E-state index contributed by atoms with van der Waals surface area (Å²) in [7, 11) is 0. The van der Waals surface area contributed by atoms with Crippen LogP contribution in [0.1, 0.15) is 11.1 Å². The standard InChI is InChI=1S/C15H10N2O3/c18-15-12(11-6-2-3-7-13(11)16-15)9-10-5-1-4-8-14(10)17(19)20/h1-9H,(H,16,18)/b12-9-. The Morgan fingerprint density at radius 2 is 1.75 bits per heavy atom. The van der Waals surface area contributed by atoms with Gasteiger partial charge in [0.1, 0.15) is 0 Å². The Morgan fingerprint density at radius 1 is 1.05 bits per heavy atom. The van der Waals surface area contributed by atoms with Crippen LogP contribution in [0.3, 0.4) is 0 Å². The lowest BCUT2D eigenvalue weighted by molar-refractivity contribution is -0.385. The lowest BCUT2D eigenvalue weighted by atomic mass is 10.0. The zero-order valence-electron chi connectivity index (χ0n) is 10.4. The van der Waals surface area contributed by atoms with Gasteiger partial charge in [-0.1, -0.05) is 30.3 Å². The van der Waals surface area contributed by atoms with E-state index in [2.05, 4.69) is 5.32 Å². The van der Waals surface area contributed by atoms with Crippen LogP contribution in [0.15, 0.2) is 48.5 Å². The number of anilines is 1. The molecule has 1 heterocycles. The van der Waals surface area contributed by atoms with E-state index in [1.54, 1.807) is 30.3 Å². The Bertz CT molecular complexity index is 750. The molecular weight excluding hydrogens is 256 g/mol. The number of nitro groups is 1. The average Bonchev–Trinajstić information content (AvgIpc) is 2.76. The van der Waals surface area contributed by atoms with Crippen molar-refractivity contribution in [2.75, 3.05) is 5.32 Å². The Balaban J connectivity index is 2.14. The van der Waals surface area contributed by atoms with Crippen molar-refractivity contribution in [1.82, 2.24) is 0 Å². The zero-order valence-corrected chi connectivity index (χ0v) is 10.4. The highest BCUT2D eigenvalue weighted by Crippen LogP contribution is 2.34. The predicted molar refractivity (Wildman–Crippen MR) is 76.0 cm³/mol. The molecule has 0 aromatic heterocycles. The van der Waals surface area contributed by atoms with Crippen molar-refractivity contribution in [1.29, 1.82) is 0 Å². The van der Waals surface area contributed by atoms with Gasteiger partial charge in [-0.25, -0.2) is 0 Å². The third-order valence-corrected chi connectivity index (χ3v) is 3.14. The van der Waals surface area contributed by atoms with E-state index in [4.69, 9.17) is 0 Å². The molecule has 1 amide bonds. The van der Waals surface area contributed by atoms with E-state index < -0.39 is 4.92 Å². The van der Waals surface area contributed by atoms with Crippen LogP contribution in [0.5, 0.6) is 0 Å². The first kappa shape index (κ1) is 12.1. The van der Waals surface area contributed by atoms with Crippen molar-refractivity contribution in [3.05, 3.63) is 69.8 Å². The first-order chi connectivity index (χ1) is 9.66. The second-order valence-corrected chi connectivity index (χ2v) is 4.37. The van der Waals surface area contributed by atoms with Gasteiger partial charge >= 0.3 is 0 Å². The molecule has 0 radical (unpaired) electrons. The SMILES string of the molecule is O=C1Nc2ccccc2/C1=C/c1ccccc1[N+](=O)[O-]. The van der Waals surface area contributed by atoms with E-state index in [1.807, 2.05) is 18.2 Å². The summed E-state index contributed by atoms with van der Waals surface area (Å²) in [6.45, 7) is 0. The van der Waals surface area contributed by atoms with Crippen molar-refractivity contribution < 1.29 is 9.72 Å². The van der Waals surface area contributed by atoms with Gasteiger partial charge in [-0.05, 0) is 18.2 Å². The molecule has 0 bridgehead atoms. The molecule has 2 aromatic rings. The van der Waals surface area contributed by atoms with Crippen LogP contribution in [-0.4, -0.2) is 10.8 Å². The van der Waals surface area contributed by atoms with E-state index >= 15 is 0 Å². The van der Waals surface area contributed by atoms with Gasteiger partial charge in [-0.2, -0.15) is 0 Å². The van der Waals surface area contributed by atoms with Crippen LogP contribution < -0.4 is 5.32 Å². The largest absolute Gasteiger partial charge is 0.321 e. The fourth-order valence-electron chi connectivity index (χ4n) is 2.21. The summed E-state index contributed by atoms with van der Waals surface area (Å²) in [6, 6.07) is 13.6. The molecule has 0 saturated carbocycles. The summed E-state index contributed by atoms with van der Waals surface area (Å²) in [5.74, 6) is -0.246. The summed E-state index contributed by atoms with van der Waals surface area (Å²) in [4.78, 5) is 22.5. The number of rotatable bonds is 2. The molecule has 98 valence electrons. The molecule has 0 atom stereocenters. The second-order valence-electron chi connectivity index (χ2n) is 4.37. The number of nitrogens with zero attached hydrogens (tertiary/aromatic N) is 1. The minimum atomic E-state index is -0.453. The lowest BCUT2D eigenvalue weighted by Gasteiger charge is -1.99. The number of hydrogen-bond acceptors (Lipinski definition) is 3. The fourth-order valence-corrected chi connectivity index (χ4v) is 2.21. The van der Waals surface area contributed by atoms with Gasteiger partial charge in [-0.15, -0.1) is 0 Å². The highest BCUT2D eigenvalue weighted by molar-refractivity contribution is 6.35. The third-order valence-electron chi connectivity index (χ3n) is 3.14. The highest BCUT2D eigenvalue weighted by atomic mass is 16.6. The van der Waals surface area contributed by atoms with Gasteiger partial charge in [0.25, 0.3) is 11.6 Å². The van der Waals surface area contributed by atoms with E-state index in [9.17, 15) is 14.9 Å². The number of nitro benzene ring substituents is 1. The Kier molecular flexibility index (Phi) is 2.80. The summed E-state index contributed by atoms with van der Waals surface area (Å²) in [5, 5.41) is 13.7. The molecule has 3 rings (SSSR count). The summed E-state index contributed by atoms with van der Waals surface area (Å²) < 4.78 is 0. The van der Waals surface area contributed by atoms with E-state index in [0.29, 0.717) is 11.1 Å². The minimum absolute atomic E-state index is 0.0165. The van der Waals surface area contributed by atoms with Crippen LogP contribution in [0.2, 0.25) is 0 Å². The number of nitrogens with one attached hydrogen (secondary N) is 1. The van der Waals surface area contributed by atoms with Crippen LogP contribution in [-0.2, 0) is 4.79 Å². The number of para-hydroxylation sites is 2. The lowest BCUT2D eigenvalue weighted by Crippen LogP contribution is -2.03. The van der Waals surface area contributed by atoms with E-state index in [1.165, 1.54) is 6.07 Å². The number of amides is 1. The second kappa shape index (κ2) is 4.62. The fraction of sp³-hybridized carbons (Fsp3) is 0. The number of benzene rings is 2. The summed E-state index contributed by atoms with van der Waals surface area (Å²) in [6.07, 6.45) is 1.55. The van der Waals surface area contributed by atoms with Crippen LogP contribution >= 0.6 is 0 Å². The zero-order chi connectivity index (χ0) is 14.1. The quantitative estimate of drug-likeness (QED) is 0.515. The van der Waals surface area contributed by atoms with E-state index in [-0.39, 0.29) is 11.6 Å². The number of carbonyl (C=O) groups excluding carboxylic acids is 1. The average molecular weight is 266 g/mol. The first-order valence-electron chi connectivity index (χ1n) is 6.02. The molecule has 0 fully saturated rings. The van der Waals surface area contributed by atoms with E-state index in [0.717, 1.165) is 11.3 Å². The van der Waals surface area contributed by atoms with Crippen molar-refractivity contribution in [2.45, 2.75) is 0 Å². The van der Waals surface area contributed by atoms with Crippen molar-refractivity contribution in [3.63, 3.8) is 0 Å². The number of carbonyl (C=O) groups is 1. The van der Waals surface area contributed by atoms with Gasteiger partial charge in [-0.3, -0.25) is 14.9 Å². The molecule has 0 saturated heterocycles. The topological polar surface area (TPSA) is 72.2 Å². The van der Waals surface area contributed by atoms with Crippen LogP contribution in [0.25, 0.3) is 11.6 Å². The van der Waals surface area contributed by atoms with Gasteiger partial charge in [0.2, 0.25) is 0 Å². The molecule has 0 spiro atoms. The number of fused-ring (bicyclic) bond motifs is 1. The summed E-state index contributed by atoms with van der Waals surface area (Å²) >= 11 is 0. The molecule has 0 aliphatic carbocycles. The maximum atomic E-state index is 12.0. The smallest absolute Gasteiger partial charge is 0.276 e. The Labute approximate surface area is 114 Å². The highest BCUT2D eigenvalue weighted by Gasteiger charge is 2.24. The molecule has 5 heteroatoms. The molecule has 2 aromatic carbocycles. The monoisotopic (exact) mass is 266 g/mol. The molecule has 1 aliphatic rings. The third kappa shape index (κ3) is 1.95. The number of hydrogen-bond donors (Lipinski definition) is 1. The van der Waals surface area contributed by atoms with Crippen molar-refractivity contribution in [2.24, 2.45) is 0 Å². The maximum absolute atomic E-state index is 12.0. The van der Waals surface area contributed by atoms with Crippen molar-refractivity contribution >= 4 is 28.9 Å². The van der Waals surface area contributed by atoms with Gasteiger partial charge in [0.15, 0.2) is 0 Å². The van der Waals surface area contributed by atoms with Gasteiger partial charge in [0.05, 0.1) is 10.5 Å². The maximum Gasteiger partial charge on any atom is 0.276 e. The molecule has 5 nitrogen and oxygen atoms in total. The molecule has 20 heavy (non-hydrogen) atoms. The minimum Gasteiger partial charge on any atom is -0.321 e. The molecule has 0 unspecified atom stereocenters. The van der Waals surface area contributed by atoms with Crippen LogP contribution in [0.4, 0.5) is 11.4 Å². The molecule has 1 N–H and O–H groups in total.